The number of H-pyrrole nitrogens is 1. The SMILES string of the molecule is Cc1nnc(N=Nc2c(O)[nH]c3ccccc23)n1N. The van der Waals surface area contributed by atoms with Crippen molar-refractivity contribution in [1.82, 2.24) is 19.9 Å². The number of benzene rings is 1. The predicted octanol–water partition coefficient (Wildman–Crippen LogP) is 1.90. The average molecular weight is 257 g/mol. The second-order valence-corrected chi connectivity index (χ2v) is 3.99. The number of nitrogens with zero attached hydrogens (tertiary/aromatic N) is 5. The summed E-state index contributed by atoms with van der Waals surface area (Å²) in [5.74, 6) is 6.30. The molecule has 0 atom stereocenters. The molecule has 3 aromatic rings. The summed E-state index contributed by atoms with van der Waals surface area (Å²) in [5, 5.41) is 26.0. The van der Waals surface area contributed by atoms with Gasteiger partial charge in [0.1, 0.15) is 0 Å². The zero-order chi connectivity index (χ0) is 13.4. The largest absolute Gasteiger partial charge is 0.493 e. The van der Waals surface area contributed by atoms with E-state index in [0.29, 0.717) is 11.5 Å². The van der Waals surface area contributed by atoms with Gasteiger partial charge in [0.2, 0.25) is 5.88 Å². The van der Waals surface area contributed by atoms with Crippen LogP contribution in [0.3, 0.4) is 0 Å². The van der Waals surface area contributed by atoms with Gasteiger partial charge in [-0.1, -0.05) is 18.2 Å². The van der Waals surface area contributed by atoms with Crippen LogP contribution in [0.25, 0.3) is 10.9 Å². The number of azo groups is 1. The lowest BCUT2D eigenvalue weighted by Gasteiger charge is -1.94. The lowest BCUT2D eigenvalue weighted by atomic mass is 10.2. The molecule has 0 saturated heterocycles. The van der Waals surface area contributed by atoms with Crippen LogP contribution in [0, 0.1) is 6.92 Å². The summed E-state index contributed by atoms with van der Waals surface area (Å²) in [7, 11) is 0. The van der Waals surface area contributed by atoms with Gasteiger partial charge in [-0.2, -0.15) is 0 Å². The number of fused-ring (bicyclic) bond motifs is 1. The van der Waals surface area contributed by atoms with E-state index in [0.717, 1.165) is 10.9 Å². The van der Waals surface area contributed by atoms with Crippen LogP contribution >= 0.6 is 0 Å². The highest BCUT2D eigenvalue weighted by Crippen LogP contribution is 2.35. The smallest absolute Gasteiger partial charge is 0.288 e. The van der Waals surface area contributed by atoms with Crippen molar-refractivity contribution in [2.24, 2.45) is 10.2 Å². The number of aromatic hydroxyl groups is 1. The van der Waals surface area contributed by atoms with Crippen LogP contribution in [0.15, 0.2) is 34.5 Å². The number of hydrogen-bond acceptors (Lipinski definition) is 6. The third-order valence-electron chi connectivity index (χ3n) is 2.75. The minimum absolute atomic E-state index is 0.0511. The summed E-state index contributed by atoms with van der Waals surface area (Å²) in [6.07, 6.45) is 0. The van der Waals surface area contributed by atoms with E-state index in [-0.39, 0.29) is 11.8 Å². The number of aromatic nitrogens is 4. The highest BCUT2D eigenvalue weighted by Gasteiger charge is 2.10. The summed E-state index contributed by atoms with van der Waals surface area (Å²) >= 11 is 0. The Morgan fingerprint density at radius 1 is 1.26 bits per heavy atom. The number of aryl methyl sites for hydroxylation is 1. The van der Waals surface area contributed by atoms with Crippen LogP contribution in [0.5, 0.6) is 5.88 Å². The van der Waals surface area contributed by atoms with E-state index < -0.39 is 0 Å². The van der Waals surface area contributed by atoms with Gasteiger partial charge in [0.15, 0.2) is 11.5 Å². The average Bonchev–Trinajstić information content (AvgIpc) is 2.89. The Hall–Kier alpha value is -2.90. The van der Waals surface area contributed by atoms with Gasteiger partial charge in [0, 0.05) is 5.39 Å². The summed E-state index contributed by atoms with van der Waals surface area (Å²) in [6, 6.07) is 7.38. The lowest BCUT2D eigenvalue weighted by Crippen LogP contribution is -2.09. The van der Waals surface area contributed by atoms with Crippen LogP contribution in [-0.4, -0.2) is 25.0 Å². The van der Waals surface area contributed by atoms with Crippen LogP contribution < -0.4 is 5.84 Å². The van der Waals surface area contributed by atoms with Crippen molar-refractivity contribution in [1.29, 1.82) is 0 Å². The van der Waals surface area contributed by atoms with E-state index in [2.05, 4.69) is 25.4 Å². The number of nitrogens with one attached hydrogen (secondary N) is 1. The fourth-order valence-electron chi connectivity index (χ4n) is 1.74. The molecule has 0 aliphatic heterocycles. The number of rotatable bonds is 2. The van der Waals surface area contributed by atoms with Crippen molar-refractivity contribution in [3.8, 4) is 5.88 Å². The molecule has 96 valence electrons. The molecule has 0 bridgehead atoms. The molecule has 0 radical (unpaired) electrons. The molecule has 4 N–H and O–H groups in total. The number of nitrogens with two attached hydrogens (primary N) is 1. The lowest BCUT2D eigenvalue weighted by molar-refractivity contribution is 0.459. The third-order valence-corrected chi connectivity index (χ3v) is 2.75. The Morgan fingerprint density at radius 2 is 2.05 bits per heavy atom. The Bertz CT molecular complexity index is 771. The summed E-state index contributed by atoms with van der Waals surface area (Å²) in [5.41, 5.74) is 1.12. The quantitative estimate of drug-likeness (QED) is 0.480. The number of para-hydroxylation sites is 1. The molecule has 0 amide bonds. The van der Waals surface area contributed by atoms with E-state index >= 15 is 0 Å². The molecule has 3 rings (SSSR count). The molecule has 2 aromatic heterocycles. The molecule has 1 aromatic carbocycles. The zero-order valence-corrected chi connectivity index (χ0v) is 10.1. The molecule has 0 fully saturated rings. The van der Waals surface area contributed by atoms with Gasteiger partial charge in [0.05, 0.1) is 5.52 Å². The van der Waals surface area contributed by atoms with Gasteiger partial charge in [-0.15, -0.1) is 20.4 Å². The van der Waals surface area contributed by atoms with Gasteiger partial charge in [-0.05, 0) is 13.0 Å². The van der Waals surface area contributed by atoms with Crippen molar-refractivity contribution in [2.45, 2.75) is 6.92 Å². The maximum absolute atomic E-state index is 9.80. The molecule has 8 heteroatoms. The highest BCUT2D eigenvalue weighted by atomic mass is 16.3. The molecule has 19 heavy (non-hydrogen) atoms. The van der Waals surface area contributed by atoms with Crippen LogP contribution in [0.1, 0.15) is 5.82 Å². The first-order chi connectivity index (χ1) is 9.16. The van der Waals surface area contributed by atoms with Crippen molar-refractivity contribution in [2.75, 3.05) is 5.84 Å². The van der Waals surface area contributed by atoms with Crippen molar-refractivity contribution in [3.05, 3.63) is 30.1 Å². The molecule has 0 aliphatic carbocycles. The van der Waals surface area contributed by atoms with Crippen LogP contribution in [0.4, 0.5) is 11.6 Å². The first-order valence-electron chi connectivity index (χ1n) is 5.55. The predicted molar refractivity (Wildman–Crippen MR) is 69.0 cm³/mol. The van der Waals surface area contributed by atoms with Crippen molar-refractivity contribution in [3.63, 3.8) is 0 Å². The van der Waals surface area contributed by atoms with Crippen LogP contribution in [0.2, 0.25) is 0 Å². The Kier molecular flexibility index (Phi) is 2.41. The first-order valence-corrected chi connectivity index (χ1v) is 5.55. The Balaban J connectivity index is 2.06. The van der Waals surface area contributed by atoms with E-state index in [1.54, 1.807) is 6.92 Å². The zero-order valence-electron chi connectivity index (χ0n) is 10.1. The molecular formula is C11H11N7O. The van der Waals surface area contributed by atoms with Gasteiger partial charge in [-0.3, -0.25) is 0 Å². The van der Waals surface area contributed by atoms with E-state index in [4.69, 9.17) is 5.84 Å². The van der Waals surface area contributed by atoms with Crippen LogP contribution in [-0.2, 0) is 0 Å². The van der Waals surface area contributed by atoms with E-state index in [9.17, 15) is 5.11 Å². The number of aromatic amines is 1. The van der Waals surface area contributed by atoms with Gasteiger partial charge >= 0.3 is 0 Å². The second-order valence-electron chi connectivity index (χ2n) is 3.99. The molecule has 0 unspecified atom stereocenters. The first kappa shape index (κ1) is 11.2. The highest BCUT2D eigenvalue weighted by molar-refractivity contribution is 5.93. The minimum atomic E-state index is -0.0511. The van der Waals surface area contributed by atoms with Gasteiger partial charge in [-0.25, -0.2) is 4.68 Å². The minimum Gasteiger partial charge on any atom is -0.493 e. The van der Waals surface area contributed by atoms with Gasteiger partial charge < -0.3 is 15.9 Å². The molecule has 0 spiro atoms. The number of nitrogen functional groups attached to an aromatic ring is 1. The summed E-state index contributed by atoms with van der Waals surface area (Å²) in [4.78, 5) is 2.81. The molecule has 0 saturated carbocycles. The monoisotopic (exact) mass is 257 g/mol. The molecule has 8 nitrogen and oxygen atoms in total. The fraction of sp³-hybridized carbons (Fsp3) is 0.0909. The topological polar surface area (TPSA) is 117 Å². The molecule has 0 aliphatic rings. The fourth-order valence-corrected chi connectivity index (χ4v) is 1.74. The standard InChI is InChI=1S/C11H11N7O/c1-6-14-16-11(18(6)12)17-15-9-7-4-2-3-5-8(7)13-10(9)19/h2-5,13,19H,12H2,1H3. The summed E-state index contributed by atoms with van der Waals surface area (Å²) < 4.78 is 1.22. The number of hydrogen-bond donors (Lipinski definition) is 3. The third kappa shape index (κ3) is 1.79. The normalized spacial score (nSPS) is 11.6. The maximum atomic E-state index is 9.80. The van der Waals surface area contributed by atoms with Gasteiger partial charge in [0.25, 0.3) is 5.95 Å². The Morgan fingerprint density at radius 3 is 2.79 bits per heavy atom. The van der Waals surface area contributed by atoms with E-state index in [1.165, 1.54) is 4.68 Å². The van der Waals surface area contributed by atoms with Crippen molar-refractivity contribution < 1.29 is 5.11 Å². The molecule has 2 heterocycles. The Labute approximate surface area is 107 Å². The second kappa shape index (κ2) is 4.09. The maximum Gasteiger partial charge on any atom is 0.288 e. The summed E-state index contributed by atoms with van der Waals surface area (Å²) in [6.45, 7) is 1.70. The molecular weight excluding hydrogens is 246 g/mol. The van der Waals surface area contributed by atoms with Crippen molar-refractivity contribution >= 4 is 22.5 Å². The van der Waals surface area contributed by atoms with E-state index in [1.807, 2.05) is 24.3 Å².